The Morgan fingerprint density at radius 1 is 1.50 bits per heavy atom. The van der Waals surface area contributed by atoms with Gasteiger partial charge in [-0.3, -0.25) is 0 Å². The molecule has 0 spiro atoms. The molecule has 2 nitrogen and oxygen atoms in total. The number of halogens is 1. The summed E-state index contributed by atoms with van der Waals surface area (Å²) in [5.41, 5.74) is 1.15. The molecule has 0 aliphatic rings. The van der Waals surface area contributed by atoms with Crippen LogP contribution in [0.15, 0.2) is 24.3 Å². The third-order valence-corrected chi connectivity index (χ3v) is 1.74. The predicted molar refractivity (Wildman–Crippen MR) is 47.6 cm³/mol. The van der Waals surface area contributed by atoms with E-state index in [-0.39, 0.29) is 0 Å². The van der Waals surface area contributed by atoms with E-state index in [1.165, 1.54) is 0 Å². The number of nitriles is 1. The molecule has 1 aromatic carbocycles. The van der Waals surface area contributed by atoms with Gasteiger partial charge in [0, 0.05) is 10.6 Å². The van der Waals surface area contributed by atoms with Crippen LogP contribution < -0.4 is 5.32 Å². The SMILES string of the molecule is N#CC[NH2+]Cc1cccc(Cl)c1. The second kappa shape index (κ2) is 4.76. The molecule has 0 amide bonds. The molecule has 0 bridgehead atoms. The van der Waals surface area contributed by atoms with Crippen molar-refractivity contribution in [2.24, 2.45) is 0 Å². The molecule has 0 heterocycles. The van der Waals surface area contributed by atoms with Gasteiger partial charge in [-0.15, -0.1) is 0 Å². The van der Waals surface area contributed by atoms with Crippen molar-refractivity contribution in [3.05, 3.63) is 34.9 Å². The molecular formula is C9H10ClN2+. The lowest BCUT2D eigenvalue weighted by Gasteiger charge is -1.97. The van der Waals surface area contributed by atoms with Crippen molar-refractivity contribution in [3.63, 3.8) is 0 Å². The second-order valence-corrected chi connectivity index (χ2v) is 2.92. The standard InChI is InChI=1S/C9H9ClN2/c10-9-3-1-2-8(6-9)7-12-5-4-11/h1-3,6,12H,5,7H2/p+1. The van der Waals surface area contributed by atoms with Crippen molar-refractivity contribution in [3.8, 4) is 6.07 Å². The molecule has 0 unspecified atom stereocenters. The zero-order valence-electron chi connectivity index (χ0n) is 6.63. The highest BCUT2D eigenvalue weighted by atomic mass is 35.5. The van der Waals surface area contributed by atoms with E-state index < -0.39 is 0 Å². The Morgan fingerprint density at radius 3 is 3.00 bits per heavy atom. The minimum absolute atomic E-state index is 0.493. The summed E-state index contributed by atoms with van der Waals surface area (Å²) in [6.45, 7) is 1.31. The number of rotatable bonds is 3. The lowest BCUT2D eigenvalue weighted by molar-refractivity contribution is -0.660. The Labute approximate surface area is 76.8 Å². The number of hydrogen-bond acceptors (Lipinski definition) is 1. The van der Waals surface area contributed by atoms with Gasteiger partial charge in [-0.1, -0.05) is 23.7 Å². The maximum absolute atomic E-state index is 8.29. The highest BCUT2D eigenvalue weighted by molar-refractivity contribution is 6.30. The van der Waals surface area contributed by atoms with E-state index in [2.05, 4.69) is 6.07 Å². The average Bonchev–Trinajstić information content (AvgIpc) is 2.05. The summed E-state index contributed by atoms with van der Waals surface area (Å²) in [6.07, 6.45) is 0. The van der Waals surface area contributed by atoms with Crippen molar-refractivity contribution >= 4 is 11.6 Å². The normalized spacial score (nSPS) is 9.33. The monoisotopic (exact) mass is 181 g/mol. The lowest BCUT2D eigenvalue weighted by atomic mass is 10.2. The minimum atomic E-state index is 0.493. The first-order valence-corrected chi connectivity index (χ1v) is 4.14. The fraction of sp³-hybridized carbons (Fsp3) is 0.222. The first-order chi connectivity index (χ1) is 5.83. The van der Waals surface area contributed by atoms with Crippen LogP contribution >= 0.6 is 11.6 Å². The van der Waals surface area contributed by atoms with Gasteiger partial charge in [0.1, 0.15) is 12.6 Å². The Balaban J connectivity index is 2.48. The van der Waals surface area contributed by atoms with Crippen LogP contribution in [0, 0.1) is 11.3 Å². The summed E-state index contributed by atoms with van der Waals surface area (Å²) >= 11 is 5.78. The number of benzene rings is 1. The van der Waals surface area contributed by atoms with Gasteiger partial charge in [-0.2, -0.15) is 5.26 Å². The van der Waals surface area contributed by atoms with E-state index in [1.54, 1.807) is 0 Å². The summed E-state index contributed by atoms with van der Waals surface area (Å²) < 4.78 is 0. The van der Waals surface area contributed by atoms with Crippen molar-refractivity contribution < 1.29 is 5.32 Å². The average molecular weight is 182 g/mol. The van der Waals surface area contributed by atoms with Crippen LogP contribution in [0.25, 0.3) is 0 Å². The number of hydrogen-bond donors (Lipinski definition) is 1. The van der Waals surface area contributed by atoms with Crippen LogP contribution in [0.2, 0.25) is 5.02 Å². The maximum atomic E-state index is 8.29. The summed E-state index contributed by atoms with van der Waals surface area (Å²) in [6, 6.07) is 9.73. The van der Waals surface area contributed by atoms with Gasteiger partial charge < -0.3 is 5.32 Å². The molecule has 0 aliphatic heterocycles. The zero-order chi connectivity index (χ0) is 8.81. The molecular weight excluding hydrogens is 172 g/mol. The quantitative estimate of drug-likeness (QED) is 0.547. The van der Waals surface area contributed by atoms with E-state index in [1.807, 2.05) is 29.6 Å². The Hall–Kier alpha value is -1.04. The van der Waals surface area contributed by atoms with Crippen LogP contribution in [-0.2, 0) is 6.54 Å². The summed E-state index contributed by atoms with van der Waals surface area (Å²) in [5, 5.41) is 11.0. The third kappa shape index (κ3) is 2.91. The van der Waals surface area contributed by atoms with E-state index >= 15 is 0 Å². The fourth-order valence-corrected chi connectivity index (χ4v) is 1.18. The fourth-order valence-electron chi connectivity index (χ4n) is 0.967. The molecule has 1 aromatic rings. The summed E-state index contributed by atoms with van der Waals surface area (Å²) in [4.78, 5) is 0. The summed E-state index contributed by atoms with van der Waals surface area (Å²) in [5.74, 6) is 0. The van der Waals surface area contributed by atoms with Crippen LogP contribution in [0.5, 0.6) is 0 Å². The lowest BCUT2D eigenvalue weighted by Crippen LogP contribution is -2.82. The van der Waals surface area contributed by atoms with Crippen LogP contribution in [-0.4, -0.2) is 6.54 Å². The molecule has 62 valence electrons. The molecule has 0 radical (unpaired) electrons. The van der Waals surface area contributed by atoms with E-state index in [0.29, 0.717) is 6.54 Å². The largest absolute Gasteiger partial charge is 0.331 e. The molecule has 2 N–H and O–H groups in total. The van der Waals surface area contributed by atoms with Gasteiger partial charge in [0.05, 0.1) is 0 Å². The van der Waals surface area contributed by atoms with Crippen molar-refractivity contribution in [2.75, 3.05) is 6.54 Å². The van der Waals surface area contributed by atoms with Gasteiger partial charge in [0.15, 0.2) is 6.54 Å². The van der Waals surface area contributed by atoms with Gasteiger partial charge >= 0.3 is 0 Å². The molecule has 0 atom stereocenters. The van der Waals surface area contributed by atoms with Crippen LogP contribution in [0.1, 0.15) is 5.56 Å². The topological polar surface area (TPSA) is 40.4 Å². The summed E-state index contributed by atoms with van der Waals surface area (Å²) in [7, 11) is 0. The minimum Gasteiger partial charge on any atom is -0.331 e. The molecule has 0 aromatic heterocycles. The molecule has 12 heavy (non-hydrogen) atoms. The highest BCUT2D eigenvalue weighted by Crippen LogP contribution is 2.09. The Morgan fingerprint density at radius 2 is 2.33 bits per heavy atom. The predicted octanol–water partition coefficient (Wildman–Crippen LogP) is 0.927. The van der Waals surface area contributed by atoms with Gasteiger partial charge in [0.25, 0.3) is 0 Å². The number of nitrogens with two attached hydrogens (primary N) is 1. The van der Waals surface area contributed by atoms with Crippen LogP contribution in [0.3, 0.4) is 0 Å². The number of quaternary nitrogens is 1. The van der Waals surface area contributed by atoms with E-state index in [9.17, 15) is 0 Å². The number of nitrogens with zero attached hydrogens (tertiary/aromatic N) is 1. The van der Waals surface area contributed by atoms with E-state index in [0.717, 1.165) is 17.1 Å². The molecule has 0 aliphatic carbocycles. The molecule has 0 fully saturated rings. The van der Waals surface area contributed by atoms with E-state index in [4.69, 9.17) is 16.9 Å². The van der Waals surface area contributed by atoms with Crippen molar-refractivity contribution in [1.29, 1.82) is 5.26 Å². The van der Waals surface area contributed by atoms with Crippen LogP contribution in [0.4, 0.5) is 0 Å². The third-order valence-electron chi connectivity index (χ3n) is 1.50. The molecule has 0 saturated heterocycles. The van der Waals surface area contributed by atoms with Gasteiger partial charge in [0.2, 0.25) is 0 Å². The van der Waals surface area contributed by atoms with Crippen molar-refractivity contribution in [1.82, 2.24) is 0 Å². The van der Waals surface area contributed by atoms with Gasteiger partial charge in [-0.05, 0) is 12.1 Å². The van der Waals surface area contributed by atoms with Gasteiger partial charge in [-0.25, -0.2) is 0 Å². The molecule has 3 heteroatoms. The molecule has 1 rings (SSSR count). The molecule has 0 saturated carbocycles. The Bertz CT molecular complexity index is 291. The first kappa shape index (κ1) is 9.05. The first-order valence-electron chi connectivity index (χ1n) is 3.76. The van der Waals surface area contributed by atoms with Crippen molar-refractivity contribution in [2.45, 2.75) is 6.54 Å². The smallest absolute Gasteiger partial charge is 0.163 e. The highest BCUT2D eigenvalue weighted by Gasteiger charge is 1.94. The Kier molecular flexibility index (Phi) is 3.59. The zero-order valence-corrected chi connectivity index (χ0v) is 7.38. The maximum Gasteiger partial charge on any atom is 0.163 e. The second-order valence-electron chi connectivity index (χ2n) is 2.48.